The maximum Gasteiger partial charge on any atom is 0.330 e. The Morgan fingerprint density at radius 1 is 0.481 bits per heavy atom. The van der Waals surface area contributed by atoms with Gasteiger partial charge >= 0.3 is 14.0 Å². The van der Waals surface area contributed by atoms with Gasteiger partial charge in [-0.25, -0.2) is 0 Å². The molecule has 0 saturated carbocycles. The average Bonchev–Trinajstić information content (AvgIpc) is 2.79. The molecule has 0 aliphatic rings. The first-order valence-electron chi connectivity index (χ1n) is 9.55. The van der Waals surface area contributed by atoms with Crippen LogP contribution in [0.4, 0.5) is 0 Å². The van der Waals surface area contributed by atoms with E-state index in [1.807, 2.05) is 76.5 Å². The minimum absolute atomic E-state index is 0.110. The number of hydrogen-bond donors (Lipinski definition) is 3. The van der Waals surface area contributed by atoms with Crippen molar-refractivity contribution in [2.45, 2.75) is 13.8 Å². The van der Waals surface area contributed by atoms with Gasteiger partial charge in [-0.2, -0.15) is 0 Å². The van der Waals surface area contributed by atoms with Crippen molar-refractivity contribution >= 4 is 24.9 Å². The van der Waals surface area contributed by atoms with Crippen LogP contribution in [-0.4, -0.2) is 28.1 Å². The summed E-state index contributed by atoms with van der Waals surface area (Å²) in [5, 5.41) is 10.2. The van der Waals surface area contributed by atoms with E-state index in [1.54, 1.807) is 0 Å². The molecule has 0 aliphatic heterocycles. The van der Waals surface area contributed by atoms with Gasteiger partial charge in [0.1, 0.15) is 0 Å². The number of rotatable bonds is 6. The summed E-state index contributed by atoms with van der Waals surface area (Å²) >= 11 is 0. The molecule has 27 heavy (non-hydrogen) atoms. The fourth-order valence-corrected chi connectivity index (χ4v) is 2.53. The summed E-state index contributed by atoms with van der Waals surface area (Å²) in [5.41, 5.74) is 2.45. The predicted molar refractivity (Wildman–Crippen MR) is 123 cm³/mol. The van der Waals surface area contributed by atoms with Crippen molar-refractivity contribution < 1.29 is 0 Å². The van der Waals surface area contributed by atoms with Gasteiger partial charge in [0.15, 0.2) is 0 Å². The average molecular weight is 359 g/mol. The minimum atomic E-state index is 0.110. The zero-order chi connectivity index (χ0) is 19.7. The Balaban J connectivity index is 0.000000381. The third-order valence-corrected chi connectivity index (χ3v) is 3.84. The van der Waals surface area contributed by atoms with Gasteiger partial charge in [-0.05, 0) is 25.0 Å². The lowest BCUT2D eigenvalue weighted by Crippen LogP contribution is -2.67. The van der Waals surface area contributed by atoms with Crippen molar-refractivity contribution in [3.63, 3.8) is 0 Å². The maximum absolute atomic E-state index is 3.56. The normalized spacial score (nSPS) is 9.19. The number of nitrogens with one attached hydrogen (secondary N) is 3. The second-order valence-electron chi connectivity index (χ2n) is 5.59. The van der Waals surface area contributed by atoms with Gasteiger partial charge in [-0.3, -0.25) is 0 Å². The maximum atomic E-state index is 3.56. The Kier molecular flexibility index (Phi) is 12.4. The lowest BCUT2D eigenvalue weighted by molar-refractivity contribution is 1.12. The van der Waals surface area contributed by atoms with Crippen molar-refractivity contribution in [3.8, 4) is 0 Å². The highest BCUT2D eigenvalue weighted by atomic mass is 15.0. The van der Waals surface area contributed by atoms with Crippen molar-refractivity contribution in [2.75, 3.05) is 14.1 Å². The van der Waals surface area contributed by atoms with Crippen LogP contribution in [0.25, 0.3) is 0 Å². The molecule has 3 rings (SSSR count). The molecule has 3 aromatic rings. The molecular formula is C22H31B2N3. The van der Waals surface area contributed by atoms with Crippen LogP contribution < -0.4 is 26.5 Å². The van der Waals surface area contributed by atoms with E-state index in [1.165, 1.54) is 10.9 Å². The Morgan fingerprint density at radius 3 is 1.00 bits per heavy atom. The summed E-state index contributed by atoms with van der Waals surface area (Å²) in [7, 11) is 3.92. The molecule has 0 aromatic heterocycles. The third-order valence-electron chi connectivity index (χ3n) is 3.84. The summed E-state index contributed by atoms with van der Waals surface area (Å²) in [6.45, 7) is 4.22. The first-order valence-corrected chi connectivity index (χ1v) is 9.55. The van der Waals surface area contributed by atoms with E-state index < -0.39 is 0 Å². The standard InChI is InChI=1S/C14H19B2N3.C6H6.C2H6/c1-17-15(13-9-5-3-6-10-13)19-16(18-2)14-11-7-4-8-12-14;1-2-4-6-5-3-1;1-2/h3-12,17-19H,1-2H3;1-6H;1-2H3. The number of benzene rings is 3. The highest BCUT2D eigenvalue weighted by molar-refractivity contribution is 6.83. The summed E-state index contributed by atoms with van der Waals surface area (Å²) in [6.07, 6.45) is 0. The molecular weight excluding hydrogens is 328 g/mol. The molecule has 0 heterocycles. The van der Waals surface area contributed by atoms with Gasteiger partial charge < -0.3 is 15.6 Å². The van der Waals surface area contributed by atoms with Crippen LogP contribution in [0.3, 0.4) is 0 Å². The van der Waals surface area contributed by atoms with E-state index in [-0.39, 0.29) is 14.0 Å². The predicted octanol–water partition coefficient (Wildman–Crippen LogP) is 2.52. The Morgan fingerprint density at radius 2 is 0.741 bits per heavy atom. The first-order chi connectivity index (χ1) is 13.3. The smallest absolute Gasteiger partial charge is 0.330 e. The molecule has 3 aromatic carbocycles. The van der Waals surface area contributed by atoms with E-state index in [0.717, 1.165) is 0 Å². The summed E-state index contributed by atoms with van der Waals surface area (Å²) < 4.78 is 0. The zero-order valence-corrected chi connectivity index (χ0v) is 16.9. The van der Waals surface area contributed by atoms with Crippen molar-refractivity contribution in [1.29, 1.82) is 0 Å². The molecule has 0 radical (unpaired) electrons. The van der Waals surface area contributed by atoms with Crippen LogP contribution >= 0.6 is 0 Å². The van der Waals surface area contributed by atoms with E-state index >= 15 is 0 Å². The largest absolute Gasteiger partial charge is 0.362 e. The molecule has 140 valence electrons. The van der Waals surface area contributed by atoms with Crippen molar-refractivity contribution in [2.24, 2.45) is 0 Å². The zero-order valence-electron chi connectivity index (χ0n) is 16.9. The third kappa shape index (κ3) is 8.74. The molecule has 3 nitrogen and oxygen atoms in total. The quantitative estimate of drug-likeness (QED) is 0.592. The van der Waals surface area contributed by atoms with Crippen LogP contribution in [0.5, 0.6) is 0 Å². The summed E-state index contributed by atoms with van der Waals surface area (Å²) in [5.74, 6) is 0. The van der Waals surface area contributed by atoms with Crippen LogP contribution in [0.15, 0.2) is 97.1 Å². The molecule has 0 aliphatic carbocycles. The first kappa shape index (κ1) is 22.7. The molecule has 5 heteroatoms. The molecule has 0 saturated heterocycles. The van der Waals surface area contributed by atoms with E-state index in [4.69, 9.17) is 0 Å². The van der Waals surface area contributed by atoms with Crippen LogP contribution in [-0.2, 0) is 0 Å². The molecule has 0 bridgehead atoms. The topological polar surface area (TPSA) is 36.1 Å². The Hall–Kier alpha value is -2.33. The SMILES string of the molecule is CC.CNB(NB(NC)c1ccccc1)c1ccccc1.c1ccccc1. The highest BCUT2D eigenvalue weighted by Crippen LogP contribution is 1.87. The van der Waals surface area contributed by atoms with Crippen LogP contribution in [0.1, 0.15) is 13.8 Å². The van der Waals surface area contributed by atoms with Crippen LogP contribution in [0, 0.1) is 0 Å². The summed E-state index contributed by atoms with van der Waals surface area (Å²) in [6, 6.07) is 32.7. The fraction of sp³-hybridized carbons (Fsp3) is 0.182. The van der Waals surface area contributed by atoms with E-state index in [9.17, 15) is 0 Å². The van der Waals surface area contributed by atoms with Crippen LogP contribution in [0.2, 0.25) is 0 Å². The highest BCUT2D eigenvalue weighted by Gasteiger charge is 2.23. The second-order valence-corrected chi connectivity index (χ2v) is 5.59. The van der Waals surface area contributed by atoms with Gasteiger partial charge in [-0.1, -0.05) is 111 Å². The monoisotopic (exact) mass is 359 g/mol. The number of hydrogen-bond acceptors (Lipinski definition) is 3. The Labute approximate surface area is 165 Å². The Bertz CT molecular complexity index is 609. The van der Waals surface area contributed by atoms with Gasteiger partial charge in [0.2, 0.25) is 0 Å². The lowest BCUT2D eigenvalue weighted by Gasteiger charge is -2.20. The molecule has 0 fully saturated rings. The molecule has 3 N–H and O–H groups in total. The molecule has 0 spiro atoms. The fourth-order valence-electron chi connectivity index (χ4n) is 2.53. The van der Waals surface area contributed by atoms with Gasteiger partial charge in [-0.15, -0.1) is 0 Å². The van der Waals surface area contributed by atoms with E-state index in [2.05, 4.69) is 64.1 Å². The minimum Gasteiger partial charge on any atom is -0.362 e. The summed E-state index contributed by atoms with van der Waals surface area (Å²) in [4.78, 5) is 0. The lowest BCUT2D eigenvalue weighted by atomic mass is 9.56. The van der Waals surface area contributed by atoms with Crippen molar-refractivity contribution in [1.82, 2.24) is 15.6 Å². The van der Waals surface area contributed by atoms with Crippen molar-refractivity contribution in [3.05, 3.63) is 97.1 Å². The van der Waals surface area contributed by atoms with Gasteiger partial charge in [0.05, 0.1) is 0 Å². The molecule has 0 amide bonds. The molecule has 0 atom stereocenters. The van der Waals surface area contributed by atoms with Gasteiger partial charge in [0.25, 0.3) is 0 Å². The van der Waals surface area contributed by atoms with E-state index in [0.29, 0.717) is 0 Å². The molecule has 0 unspecified atom stereocenters. The second kappa shape index (κ2) is 14.8. The van der Waals surface area contributed by atoms with Gasteiger partial charge in [0, 0.05) is 0 Å².